The third kappa shape index (κ3) is 3.80. The molecule has 1 atom stereocenters. The zero-order chi connectivity index (χ0) is 13.2. The standard InChI is InChI=1S/C12H15ClF3N/c1-7(2)8(3)17-11-5-4-9(6-10(11)13)12(14,15)16/h4-8,17H,1-3H3. The van der Waals surface area contributed by atoms with Crippen molar-refractivity contribution in [3.63, 3.8) is 0 Å². The fourth-order valence-corrected chi connectivity index (χ4v) is 1.46. The average molecular weight is 266 g/mol. The summed E-state index contributed by atoms with van der Waals surface area (Å²) in [5.74, 6) is 0.369. The summed E-state index contributed by atoms with van der Waals surface area (Å²) in [4.78, 5) is 0. The fraction of sp³-hybridized carbons (Fsp3) is 0.500. The van der Waals surface area contributed by atoms with Crippen LogP contribution in [0, 0.1) is 5.92 Å². The van der Waals surface area contributed by atoms with Gasteiger partial charge in [-0.15, -0.1) is 0 Å². The molecule has 0 heterocycles. The molecular formula is C12H15ClF3N. The number of halogens is 4. The van der Waals surface area contributed by atoms with Crippen molar-refractivity contribution in [1.29, 1.82) is 0 Å². The van der Waals surface area contributed by atoms with Crippen molar-refractivity contribution >= 4 is 17.3 Å². The topological polar surface area (TPSA) is 12.0 Å². The Morgan fingerprint density at radius 2 is 1.76 bits per heavy atom. The van der Waals surface area contributed by atoms with E-state index in [0.717, 1.165) is 12.1 Å². The van der Waals surface area contributed by atoms with Crippen molar-refractivity contribution in [2.24, 2.45) is 5.92 Å². The first-order valence-electron chi connectivity index (χ1n) is 5.35. The lowest BCUT2D eigenvalue weighted by molar-refractivity contribution is -0.137. The van der Waals surface area contributed by atoms with Crippen LogP contribution in [-0.4, -0.2) is 6.04 Å². The Morgan fingerprint density at radius 3 is 2.18 bits per heavy atom. The summed E-state index contributed by atoms with van der Waals surface area (Å²) in [7, 11) is 0. The molecule has 0 spiro atoms. The minimum absolute atomic E-state index is 0.0901. The van der Waals surface area contributed by atoms with E-state index >= 15 is 0 Å². The zero-order valence-electron chi connectivity index (χ0n) is 9.90. The van der Waals surface area contributed by atoms with E-state index in [9.17, 15) is 13.2 Å². The Bertz CT molecular complexity index is 388. The predicted octanol–water partition coefficient (Wildman–Crippen LogP) is 4.82. The van der Waals surface area contributed by atoms with Crippen LogP contribution in [0.4, 0.5) is 18.9 Å². The van der Waals surface area contributed by atoms with Crippen molar-refractivity contribution in [3.05, 3.63) is 28.8 Å². The van der Waals surface area contributed by atoms with Crippen LogP contribution in [0.2, 0.25) is 5.02 Å². The van der Waals surface area contributed by atoms with Crippen LogP contribution in [0.5, 0.6) is 0 Å². The van der Waals surface area contributed by atoms with E-state index in [-0.39, 0.29) is 11.1 Å². The number of rotatable bonds is 3. The van der Waals surface area contributed by atoms with Gasteiger partial charge in [0.15, 0.2) is 0 Å². The van der Waals surface area contributed by atoms with Crippen LogP contribution in [0.15, 0.2) is 18.2 Å². The number of nitrogens with one attached hydrogen (secondary N) is 1. The number of hydrogen-bond donors (Lipinski definition) is 1. The number of anilines is 1. The maximum Gasteiger partial charge on any atom is 0.416 e. The first kappa shape index (κ1) is 14.2. The highest BCUT2D eigenvalue weighted by atomic mass is 35.5. The van der Waals surface area contributed by atoms with Gasteiger partial charge in [0.1, 0.15) is 0 Å². The lowest BCUT2D eigenvalue weighted by Gasteiger charge is -2.20. The molecule has 0 radical (unpaired) electrons. The van der Waals surface area contributed by atoms with E-state index in [4.69, 9.17) is 11.6 Å². The summed E-state index contributed by atoms with van der Waals surface area (Å²) in [6.07, 6.45) is -4.36. The number of benzene rings is 1. The van der Waals surface area contributed by atoms with Crippen LogP contribution in [0.25, 0.3) is 0 Å². The molecule has 1 unspecified atom stereocenters. The molecule has 5 heteroatoms. The van der Waals surface area contributed by atoms with E-state index in [2.05, 4.69) is 5.32 Å². The van der Waals surface area contributed by atoms with Crippen molar-refractivity contribution in [3.8, 4) is 0 Å². The van der Waals surface area contributed by atoms with Crippen molar-refractivity contribution in [1.82, 2.24) is 0 Å². The predicted molar refractivity (Wildman–Crippen MR) is 64.4 cm³/mol. The van der Waals surface area contributed by atoms with Crippen molar-refractivity contribution in [2.75, 3.05) is 5.32 Å². The van der Waals surface area contributed by atoms with E-state index in [0.29, 0.717) is 11.6 Å². The highest BCUT2D eigenvalue weighted by molar-refractivity contribution is 6.33. The summed E-state index contributed by atoms with van der Waals surface area (Å²) < 4.78 is 37.2. The van der Waals surface area contributed by atoms with Gasteiger partial charge in [0.05, 0.1) is 16.3 Å². The smallest absolute Gasteiger partial charge is 0.381 e. The van der Waals surface area contributed by atoms with Gasteiger partial charge in [-0.25, -0.2) is 0 Å². The van der Waals surface area contributed by atoms with Gasteiger partial charge < -0.3 is 5.32 Å². The van der Waals surface area contributed by atoms with Gasteiger partial charge in [0, 0.05) is 6.04 Å². The molecule has 17 heavy (non-hydrogen) atoms. The molecule has 1 aromatic rings. The molecule has 0 fully saturated rings. The van der Waals surface area contributed by atoms with E-state index in [1.54, 1.807) is 0 Å². The van der Waals surface area contributed by atoms with Crippen LogP contribution in [0.3, 0.4) is 0 Å². The molecule has 1 aromatic carbocycles. The maximum atomic E-state index is 12.4. The van der Waals surface area contributed by atoms with Gasteiger partial charge in [0.25, 0.3) is 0 Å². The molecule has 96 valence electrons. The number of hydrogen-bond acceptors (Lipinski definition) is 1. The van der Waals surface area contributed by atoms with Crippen LogP contribution in [-0.2, 0) is 6.18 Å². The molecule has 0 aliphatic rings. The summed E-state index contributed by atoms with van der Waals surface area (Å²) in [6, 6.07) is 3.48. The molecule has 0 saturated heterocycles. The van der Waals surface area contributed by atoms with E-state index in [1.807, 2.05) is 20.8 Å². The van der Waals surface area contributed by atoms with Gasteiger partial charge >= 0.3 is 6.18 Å². The third-order valence-electron chi connectivity index (χ3n) is 2.68. The van der Waals surface area contributed by atoms with Crippen molar-refractivity contribution in [2.45, 2.75) is 33.0 Å². The Labute approximate surface area is 104 Å². The molecular weight excluding hydrogens is 251 g/mol. The molecule has 0 bridgehead atoms. The maximum absolute atomic E-state index is 12.4. The second kappa shape index (κ2) is 5.17. The highest BCUT2D eigenvalue weighted by Gasteiger charge is 2.30. The van der Waals surface area contributed by atoms with Crippen molar-refractivity contribution < 1.29 is 13.2 Å². The molecule has 1 nitrogen and oxygen atoms in total. The molecule has 0 saturated carbocycles. The monoisotopic (exact) mass is 265 g/mol. The first-order chi connectivity index (χ1) is 7.71. The molecule has 0 aliphatic carbocycles. The van der Waals surface area contributed by atoms with Gasteiger partial charge in [-0.3, -0.25) is 0 Å². The lowest BCUT2D eigenvalue weighted by Crippen LogP contribution is -2.21. The van der Waals surface area contributed by atoms with E-state index in [1.165, 1.54) is 6.07 Å². The molecule has 0 aromatic heterocycles. The van der Waals surface area contributed by atoms with Gasteiger partial charge in [0.2, 0.25) is 0 Å². The normalized spacial score (nSPS) is 13.9. The zero-order valence-corrected chi connectivity index (χ0v) is 10.7. The third-order valence-corrected chi connectivity index (χ3v) is 2.99. The fourth-order valence-electron chi connectivity index (χ4n) is 1.22. The second-order valence-electron chi connectivity index (χ2n) is 4.37. The lowest BCUT2D eigenvalue weighted by atomic mass is 10.1. The van der Waals surface area contributed by atoms with Gasteiger partial charge in [-0.2, -0.15) is 13.2 Å². The highest BCUT2D eigenvalue weighted by Crippen LogP contribution is 2.34. The van der Waals surface area contributed by atoms with Gasteiger partial charge in [-0.05, 0) is 31.0 Å². The second-order valence-corrected chi connectivity index (χ2v) is 4.78. The molecule has 1 rings (SSSR count). The summed E-state index contributed by atoms with van der Waals surface area (Å²) in [5.41, 5.74) is -0.203. The molecule has 0 amide bonds. The summed E-state index contributed by atoms with van der Waals surface area (Å²) >= 11 is 5.82. The summed E-state index contributed by atoms with van der Waals surface area (Å²) in [5, 5.41) is 3.18. The molecule has 1 N–H and O–H groups in total. The molecule has 0 aliphatic heterocycles. The van der Waals surface area contributed by atoms with Crippen LogP contribution < -0.4 is 5.32 Å². The van der Waals surface area contributed by atoms with Crippen LogP contribution in [0.1, 0.15) is 26.3 Å². The summed E-state index contributed by atoms with van der Waals surface area (Å²) in [6.45, 7) is 6.00. The largest absolute Gasteiger partial charge is 0.416 e. The SMILES string of the molecule is CC(C)C(C)Nc1ccc(C(F)(F)F)cc1Cl. The first-order valence-corrected chi connectivity index (χ1v) is 5.73. The average Bonchev–Trinajstić information content (AvgIpc) is 2.19. The Hall–Kier alpha value is -0.900. The quantitative estimate of drug-likeness (QED) is 0.827. The van der Waals surface area contributed by atoms with E-state index < -0.39 is 11.7 Å². The van der Waals surface area contributed by atoms with Crippen LogP contribution >= 0.6 is 11.6 Å². The Kier molecular flexibility index (Phi) is 4.31. The van der Waals surface area contributed by atoms with Gasteiger partial charge in [-0.1, -0.05) is 25.4 Å². The Balaban J connectivity index is 2.91. The number of alkyl halides is 3. The minimum Gasteiger partial charge on any atom is -0.381 e. The Morgan fingerprint density at radius 1 is 1.18 bits per heavy atom. The minimum atomic E-state index is -4.36.